The van der Waals surface area contributed by atoms with Gasteiger partial charge in [-0.05, 0) is 36.5 Å². The van der Waals surface area contributed by atoms with Gasteiger partial charge in [-0.3, -0.25) is 0 Å². The Morgan fingerprint density at radius 3 is 2.48 bits per heavy atom. The smallest absolute Gasteiger partial charge is 0.405 e. The Balaban J connectivity index is 1.95. The van der Waals surface area contributed by atoms with Crippen molar-refractivity contribution in [1.29, 1.82) is 0 Å². The Hall–Kier alpha value is -2.01. The van der Waals surface area contributed by atoms with Gasteiger partial charge in [0, 0.05) is 5.56 Å². The number of rotatable bonds is 4. The van der Waals surface area contributed by atoms with Crippen molar-refractivity contribution in [1.82, 2.24) is 0 Å². The van der Waals surface area contributed by atoms with Crippen LogP contribution in [0.2, 0.25) is 0 Å². The molecule has 0 saturated heterocycles. The highest BCUT2D eigenvalue weighted by molar-refractivity contribution is 5.44. The molecule has 1 aliphatic heterocycles. The summed E-state index contributed by atoms with van der Waals surface area (Å²) in [4.78, 5) is 0. The molecule has 2 atom stereocenters. The number of alkyl halides is 2. The Kier molecular flexibility index (Phi) is 4.78. The third kappa shape index (κ3) is 3.38. The van der Waals surface area contributed by atoms with Crippen LogP contribution in [-0.4, -0.2) is 11.2 Å². The van der Waals surface area contributed by atoms with E-state index in [0.717, 1.165) is 18.4 Å². The van der Waals surface area contributed by atoms with E-state index in [1.54, 1.807) is 18.2 Å². The van der Waals surface area contributed by atoms with Crippen molar-refractivity contribution in [3.8, 4) is 5.75 Å². The topological polar surface area (TPSA) is 29.5 Å². The molecule has 1 N–H and O–H groups in total. The lowest BCUT2D eigenvalue weighted by Gasteiger charge is -2.33. The molecule has 0 radical (unpaired) electrons. The molecule has 0 aromatic heterocycles. The number of ether oxygens (including phenoxy) is 1. The Morgan fingerprint density at radius 2 is 1.88 bits per heavy atom. The van der Waals surface area contributed by atoms with Crippen molar-refractivity contribution in [3.63, 3.8) is 0 Å². The zero-order chi connectivity index (χ0) is 18.2. The standard InChI is InChI=1S/C20H21F3O2/c1-3-4-13-5-7-14(8-6-13)17-11-15-9-10-16(12(2)24)18(21)19(15)25-20(17,22)23/h5-10,12,17,24H,3-4,11H2,1-2H3. The first-order chi connectivity index (χ1) is 11.8. The second-order valence-corrected chi connectivity index (χ2v) is 6.55. The van der Waals surface area contributed by atoms with Crippen molar-refractivity contribution in [2.24, 2.45) is 0 Å². The minimum absolute atomic E-state index is 0.0214. The van der Waals surface area contributed by atoms with E-state index in [1.165, 1.54) is 13.0 Å². The average molecular weight is 350 g/mol. The normalized spacial score (nSPS) is 19.8. The van der Waals surface area contributed by atoms with Gasteiger partial charge in [0.25, 0.3) is 0 Å². The van der Waals surface area contributed by atoms with Gasteiger partial charge in [-0.1, -0.05) is 49.7 Å². The van der Waals surface area contributed by atoms with E-state index < -0.39 is 29.7 Å². The first-order valence-electron chi connectivity index (χ1n) is 8.48. The van der Waals surface area contributed by atoms with Crippen molar-refractivity contribution in [3.05, 3.63) is 64.5 Å². The fourth-order valence-corrected chi connectivity index (χ4v) is 3.27. The molecule has 2 aromatic carbocycles. The molecule has 25 heavy (non-hydrogen) atoms. The Labute approximate surface area is 145 Å². The van der Waals surface area contributed by atoms with Gasteiger partial charge in [0.15, 0.2) is 11.6 Å². The summed E-state index contributed by atoms with van der Waals surface area (Å²) in [5.41, 5.74) is 1.90. The molecule has 5 heteroatoms. The fraction of sp³-hybridized carbons (Fsp3) is 0.400. The molecule has 0 bridgehead atoms. The first kappa shape index (κ1) is 17.8. The highest BCUT2D eigenvalue weighted by atomic mass is 19.3. The van der Waals surface area contributed by atoms with Crippen LogP contribution < -0.4 is 4.74 Å². The van der Waals surface area contributed by atoms with Crippen LogP contribution in [-0.2, 0) is 12.8 Å². The van der Waals surface area contributed by atoms with E-state index in [9.17, 15) is 18.3 Å². The monoisotopic (exact) mass is 350 g/mol. The zero-order valence-electron chi connectivity index (χ0n) is 14.2. The van der Waals surface area contributed by atoms with Crippen LogP contribution >= 0.6 is 0 Å². The van der Waals surface area contributed by atoms with Crippen molar-refractivity contribution in [2.75, 3.05) is 0 Å². The van der Waals surface area contributed by atoms with Gasteiger partial charge in [0.05, 0.1) is 12.0 Å². The Bertz CT molecular complexity index is 754. The minimum atomic E-state index is -3.52. The Morgan fingerprint density at radius 1 is 1.20 bits per heavy atom. The molecular weight excluding hydrogens is 329 g/mol. The van der Waals surface area contributed by atoms with Gasteiger partial charge in [0.2, 0.25) is 0 Å². The predicted octanol–water partition coefficient (Wildman–Crippen LogP) is 5.14. The number of aliphatic hydroxyl groups excluding tert-OH is 1. The minimum Gasteiger partial charge on any atom is -0.429 e. The number of hydrogen-bond donors (Lipinski definition) is 1. The third-order valence-corrected chi connectivity index (χ3v) is 4.65. The zero-order valence-corrected chi connectivity index (χ0v) is 14.2. The molecule has 2 nitrogen and oxygen atoms in total. The predicted molar refractivity (Wildman–Crippen MR) is 89.5 cm³/mol. The third-order valence-electron chi connectivity index (χ3n) is 4.65. The molecule has 3 rings (SSSR count). The van der Waals surface area contributed by atoms with E-state index >= 15 is 0 Å². The summed E-state index contributed by atoms with van der Waals surface area (Å²) in [6.07, 6.45) is -2.75. The quantitative estimate of drug-likeness (QED) is 0.827. The van der Waals surface area contributed by atoms with Gasteiger partial charge in [0.1, 0.15) is 0 Å². The van der Waals surface area contributed by atoms with E-state index in [2.05, 4.69) is 6.92 Å². The lowest BCUT2D eigenvalue weighted by atomic mass is 9.87. The van der Waals surface area contributed by atoms with Gasteiger partial charge < -0.3 is 9.84 Å². The average Bonchev–Trinajstić information content (AvgIpc) is 2.56. The number of aliphatic hydroxyl groups is 1. The fourth-order valence-electron chi connectivity index (χ4n) is 3.27. The SMILES string of the molecule is CCCc1ccc(C2Cc3ccc(C(C)O)c(F)c3OC2(F)F)cc1. The molecule has 134 valence electrons. The van der Waals surface area contributed by atoms with Crippen LogP contribution in [0.15, 0.2) is 36.4 Å². The number of hydrogen-bond acceptors (Lipinski definition) is 2. The first-order valence-corrected chi connectivity index (χ1v) is 8.48. The maximum Gasteiger partial charge on any atom is 0.405 e. The summed E-state index contributed by atoms with van der Waals surface area (Å²) >= 11 is 0. The molecule has 0 amide bonds. The highest BCUT2D eigenvalue weighted by Crippen LogP contribution is 2.46. The van der Waals surface area contributed by atoms with Gasteiger partial charge in [-0.25, -0.2) is 4.39 Å². The summed E-state index contributed by atoms with van der Waals surface area (Å²) in [6, 6.07) is 10.1. The molecule has 0 saturated carbocycles. The number of fused-ring (bicyclic) bond motifs is 1. The van der Waals surface area contributed by atoms with Gasteiger partial charge in [-0.15, -0.1) is 0 Å². The molecule has 1 heterocycles. The summed E-state index contributed by atoms with van der Waals surface area (Å²) in [5, 5.41) is 9.55. The van der Waals surface area contributed by atoms with Crippen LogP contribution in [0.1, 0.15) is 54.5 Å². The van der Waals surface area contributed by atoms with Crippen LogP contribution in [0.4, 0.5) is 13.2 Å². The molecule has 0 spiro atoms. The number of aryl methyl sites for hydroxylation is 1. The second kappa shape index (κ2) is 6.71. The molecule has 0 fully saturated rings. The van der Waals surface area contributed by atoms with Gasteiger partial charge >= 0.3 is 6.11 Å². The molecule has 2 aromatic rings. The largest absolute Gasteiger partial charge is 0.429 e. The number of halogens is 3. The van der Waals surface area contributed by atoms with Crippen molar-refractivity contribution >= 4 is 0 Å². The number of benzene rings is 2. The van der Waals surface area contributed by atoms with Crippen LogP contribution in [0.25, 0.3) is 0 Å². The lowest BCUT2D eigenvalue weighted by molar-refractivity contribution is -0.203. The van der Waals surface area contributed by atoms with Crippen molar-refractivity contribution in [2.45, 2.75) is 51.2 Å². The van der Waals surface area contributed by atoms with E-state index in [0.29, 0.717) is 11.1 Å². The highest BCUT2D eigenvalue weighted by Gasteiger charge is 2.48. The second-order valence-electron chi connectivity index (χ2n) is 6.55. The molecular formula is C20H21F3O2. The summed E-state index contributed by atoms with van der Waals surface area (Å²) in [6.45, 7) is 3.44. The van der Waals surface area contributed by atoms with Crippen LogP contribution in [0.5, 0.6) is 5.75 Å². The van der Waals surface area contributed by atoms with E-state index in [1.807, 2.05) is 12.1 Å². The molecule has 2 unspecified atom stereocenters. The van der Waals surface area contributed by atoms with Crippen molar-refractivity contribution < 1.29 is 23.0 Å². The van der Waals surface area contributed by atoms with Crippen LogP contribution in [0, 0.1) is 5.82 Å². The summed E-state index contributed by atoms with van der Waals surface area (Å²) in [7, 11) is 0. The van der Waals surface area contributed by atoms with Gasteiger partial charge in [-0.2, -0.15) is 8.78 Å². The molecule has 1 aliphatic rings. The van der Waals surface area contributed by atoms with Crippen LogP contribution in [0.3, 0.4) is 0 Å². The summed E-state index contributed by atoms with van der Waals surface area (Å²) in [5.74, 6) is -2.54. The maximum absolute atomic E-state index is 14.5. The maximum atomic E-state index is 14.5. The molecule has 0 aliphatic carbocycles. The van der Waals surface area contributed by atoms with E-state index in [4.69, 9.17) is 4.74 Å². The van der Waals surface area contributed by atoms with E-state index in [-0.39, 0.29) is 12.0 Å². The summed E-state index contributed by atoms with van der Waals surface area (Å²) < 4.78 is 48.3. The lowest BCUT2D eigenvalue weighted by Crippen LogP contribution is -2.38.